The first-order valence-electron chi connectivity index (χ1n) is 4.98. The summed E-state index contributed by atoms with van der Waals surface area (Å²) < 4.78 is 0. The van der Waals surface area contributed by atoms with Crippen LogP contribution in [0.3, 0.4) is 0 Å². The topological polar surface area (TPSA) is 40.1 Å². The average Bonchev–Trinajstić information content (AvgIpc) is 2.55. The molecule has 0 aliphatic heterocycles. The Morgan fingerprint density at radius 3 is 2.31 bits per heavy atom. The van der Waals surface area contributed by atoms with Gasteiger partial charge in [-0.1, -0.05) is 30.3 Å². The standard InChI is InChI=1S/C13H12O2S/c1-8-11(10-6-4-3-5-7-10)12(13(14)15)9(2)16-8/h3-7H,1-2H3,(H,14,15)/p-1. The summed E-state index contributed by atoms with van der Waals surface area (Å²) in [6.45, 7) is 3.75. The highest BCUT2D eigenvalue weighted by atomic mass is 32.1. The molecule has 1 aromatic carbocycles. The number of benzene rings is 1. The van der Waals surface area contributed by atoms with Crippen molar-refractivity contribution in [2.45, 2.75) is 13.8 Å². The zero-order valence-electron chi connectivity index (χ0n) is 9.11. The maximum atomic E-state index is 11.1. The summed E-state index contributed by atoms with van der Waals surface area (Å²) in [5.74, 6) is -1.10. The van der Waals surface area contributed by atoms with Gasteiger partial charge in [-0.2, -0.15) is 0 Å². The van der Waals surface area contributed by atoms with Crippen molar-refractivity contribution in [3.8, 4) is 11.1 Å². The van der Waals surface area contributed by atoms with Gasteiger partial charge >= 0.3 is 0 Å². The highest BCUT2D eigenvalue weighted by Crippen LogP contribution is 2.35. The fourth-order valence-electron chi connectivity index (χ4n) is 1.88. The summed E-state index contributed by atoms with van der Waals surface area (Å²) in [5, 5.41) is 11.1. The van der Waals surface area contributed by atoms with Gasteiger partial charge in [0.05, 0.1) is 5.97 Å². The lowest BCUT2D eigenvalue weighted by Crippen LogP contribution is -2.23. The Balaban J connectivity index is 2.69. The van der Waals surface area contributed by atoms with Crippen LogP contribution < -0.4 is 5.11 Å². The van der Waals surface area contributed by atoms with Crippen molar-refractivity contribution in [1.82, 2.24) is 0 Å². The Morgan fingerprint density at radius 2 is 1.75 bits per heavy atom. The fourth-order valence-corrected chi connectivity index (χ4v) is 2.95. The summed E-state index contributed by atoms with van der Waals surface area (Å²) in [7, 11) is 0. The third-order valence-corrected chi connectivity index (χ3v) is 3.55. The minimum Gasteiger partial charge on any atom is -0.545 e. The first kappa shape index (κ1) is 10.9. The van der Waals surface area contributed by atoms with Crippen molar-refractivity contribution in [3.63, 3.8) is 0 Å². The van der Waals surface area contributed by atoms with Gasteiger partial charge in [-0.25, -0.2) is 0 Å². The van der Waals surface area contributed by atoms with E-state index in [1.165, 1.54) is 11.3 Å². The van der Waals surface area contributed by atoms with Crippen LogP contribution in [0, 0.1) is 13.8 Å². The molecule has 0 radical (unpaired) electrons. The zero-order chi connectivity index (χ0) is 11.7. The van der Waals surface area contributed by atoms with Crippen molar-refractivity contribution in [2.75, 3.05) is 0 Å². The van der Waals surface area contributed by atoms with E-state index in [9.17, 15) is 9.90 Å². The van der Waals surface area contributed by atoms with Crippen LogP contribution >= 0.6 is 11.3 Å². The van der Waals surface area contributed by atoms with Gasteiger partial charge in [-0.3, -0.25) is 0 Å². The van der Waals surface area contributed by atoms with Crippen LogP contribution in [0.25, 0.3) is 11.1 Å². The molecule has 0 aliphatic carbocycles. The number of carboxylic acids is 1. The van der Waals surface area contributed by atoms with Crippen molar-refractivity contribution >= 4 is 17.3 Å². The predicted octanol–water partition coefficient (Wildman–Crippen LogP) is 2.40. The molecule has 3 heteroatoms. The number of carbonyl (C=O) groups excluding carboxylic acids is 1. The summed E-state index contributed by atoms with van der Waals surface area (Å²) in [4.78, 5) is 12.9. The van der Waals surface area contributed by atoms with Gasteiger partial charge in [0.15, 0.2) is 0 Å². The SMILES string of the molecule is Cc1sc(C)c(-c2ccccc2)c1C(=O)[O-]. The van der Waals surface area contributed by atoms with Crippen LogP contribution in [-0.4, -0.2) is 5.97 Å². The summed E-state index contributed by atoms with van der Waals surface area (Å²) in [5.41, 5.74) is 2.06. The number of thiophene rings is 1. The number of carboxylic acid groups (broad SMARTS) is 1. The molecule has 2 nitrogen and oxygen atoms in total. The summed E-state index contributed by atoms with van der Waals surface area (Å²) in [6, 6.07) is 9.56. The van der Waals surface area contributed by atoms with Crippen LogP contribution in [0.15, 0.2) is 30.3 Å². The van der Waals surface area contributed by atoms with Crippen molar-refractivity contribution < 1.29 is 9.90 Å². The lowest BCUT2D eigenvalue weighted by molar-refractivity contribution is -0.254. The second-order valence-electron chi connectivity index (χ2n) is 3.62. The molecule has 0 unspecified atom stereocenters. The number of hydrogen-bond acceptors (Lipinski definition) is 3. The number of rotatable bonds is 2. The third-order valence-electron chi connectivity index (χ3n) is 2.53. The molecule has 0 N–H and O–H groups in total. The summed E-state index contributed by atoms with van der Waals surface area (Å²) >= 11 is 1.50. The molecule has 1 heterocycles. The van der Waals surface area contributed by atoms with Gasteiger partial charge in [-0.05, 0) is 19.4 Å². The molecule has 82 valence electrons. The Morgan fingerprint density at radius 1 is 1.12 bits per heavy atom. The van der Waals surface area contributed by atoms with Gasteiger partial charge in [-0.15, -0.1) is 11.3 Å². The molecule has 2 rings (SSSR count). The summed E-state index contributed by atoms with van der Waals surface area (Å²) in [6.07, 6.45) is 0. The van der Waals surface area contributed by atoms with E-state index in [0.717, 1.165) is 20.9 Å². The highest BCUT2D eigenvalue weighted by molar-refractivity contribution is 7.12. The number of aromatic carboxylic acids is 1. The van der Waals surface area contributed by atoms with E-state index in [1.54, 1.807) is 0 Å². The average molecular weight is 231 g/mol. The van der Waals surface area contributed by atoms with Crippen LogP contribution in [0.2, 0.25) is 0 Å². The molecular weight excluding hydrogens is 220 g/mol. The van der Waals surface area contributed by atoms with E-state index in [4.69, 9.17) is 0 Å². The molecule has 0 aliphatic rings. The molecule has 0 fully saturated rings. The van der Waals surface area contributed by atoms with Crippen molar-refractivity contribution in [1.29, 1.82) is 0 Å². The first-order valence-corrected chi connectivity index (χ1v) is 5.79. The zero-order valence-corrected chi connectivity index (χ0v) is 9.93. The smallest absolute Gasteiger partial charge is 0.0732 e. The maximum absolute atomic E-state index is 11.1. The molecule has 0 saturated heterocycles. The first-order chi connectivity index (χ1) is 7.61. The van der Waals surface area contributed by atoms with E-state index in [0.29, 0.717) is 5.56 Å². The second-order valence-corrected chi connectivity index (χ2v) is 5.05. The maximum Gasteiger partial charge on any atom is 0.0732 e. The van der Waals surface area contributed by atoms with Gasteiger partial charge in [0.25, 0.3) is 0 Å². The molecule has 0 spiro atoms. The molecule has 0 atom stereocenters. The Labute approximate surface area is 98.2 Å². The molecule has 0 saturated carbocycles. The van der Waals surface area contributed by atoms with E-state index < -0.39 is 5.97 Å². The van der Waals surface area contributed by atoms with Gasteiger partial charge in [0, 0.05) is 20.9 Å². The monoisotopic (exact) mass is 231 g/mol. The van der Waals surface area contributed by atoms with E-state index in [2.05, 4.69) is 0 Å². The van der Waals surface area contributed by atoms with E-state index >= 15 is 0 Å². The number of hydrogen-bond donors (Lipinski definition) is 0. The van der Waals surface area contributed by atoms with E-state index in [1.807, 2.05) is 44.2 Å². The molecule has 0 bridgehead atoms. The van der Waals surface area contributed by atoms with Crippen LogP contribution in [0.5, 0.6) is 0 Å². The van der Waals surface area contributed by atoms with Gasteiger partial charge < -0.3 is 9.90 Å². The Kier molecular flexibility index (Phi) is 2.79. The molecule has 2 aromatic rings. The van der Waals surface area contributed by atoms with Crippen LogP contribution in [0.1, 0.15) is 20.1 Å². The molecular formula is C13H11O2S-. The lowest BCUT2D eigenvalue weighted by atomic mass is 10.0. The highest BCUT2D eigenvalue weighted by Gasteiger charge is 2.14. The second kappa shape index (κ2) is 4.10. The number of aryl methyl sites for hydroxylation is 2. The lowest BCUT2D eigenvalue weighted by Gasteiger charge is -2.07. The largest absolute Gasteiger partial charge is 0.545 e. The van der Waals surface area contributed by atoms with Crippen LogP contribution in [-0.2, 0) is 0 Å². The third kappa shape index (κ3) is 1.74. The fraction of sp³-hybridized carbons (Fsp3) is 0.154. The van der Waals surface area contributed by atoms with Crippen LogP contribution in [0.4, 0.5) is 0 Å². The van der Waals surface area contributed by atoms with Crippen molar-refractivity contribution in [2.24, 2.45) is 0 Å². The molecule has 1 aromatic heterocycles. The predicted molar refractivity (Wildman–Crippen MR) is 63.6 cm³/mol. The Bertz CT molecular complexity index is 526. The molecule has 16 heavy (non-hydrogen) atoms. The number of carbonyl (C=O) groups is 1. The minimum atomic E-state index is -1.10. The van der Waals surface area contributed by atoms with Crippen molar-refractivity contribution in [3.05, 3.63) is 45.6 Å². The van der Waals surface area contributed by atoms with E-state index in [-0.39, 0.29) is 0 Å². The quantitative estimate of drug-likeness (QED) is 0.796. The van der Waals surface area contributed by atoms with Gasteiger partial charge in [0.2, 0.25) is 0 Å². The molecule has 0 amide bonds. The Hall–Kier alpha value is -1.61. The minimum absolute atomic E-state index is 0.328. The van der Waals surface area contributed by atoms with Gasteiger partial charge in [0.1, 0.15) is 0 Å². The normalized spacial score (nSPS) is 10.4.